The molecule has 23 heavy (non-hydrogen) atoms. The number of rotatable bonds is 7. The molecule has 7 heteroatoms. The number of piperazine rings is 1. The average Bonchev–Trinajstić information content (AvgIpc) is 2.93. The van der Waals surface area contributed by atoms with Gasteiger partial charge in [0.05, 0.1) is 13.2 Å². The quantitative estimate of drug-likeness (QED) is 0.777. The van der Waals surface area contributed by atoms with Gasteiger partial charge in [0, 0.05) is 58.3 Å². The lowest BCUT2D eigenvalue weighted by atomic mass is 9.80. The van der Waals surface area contributed by atoms with Crippen molar-refractivity contribution in [3.8, 4) is 0 Å². The third-order valence-electron chi connectivity index (χ3n) is 5.15. The van der Waals surface area contributed by atoms with Crippen molar-refractivity contribution in [1.29, 1.82) is 0 Å². The van der Waals surface area contributed by atoms with Gasteiger partial charge in [-0.2, -0.15) is 0 Å². The van der Waals surface area contributed by atoms with Crippen LogP contribution in [-0.2, 0) is 17.8 Å². The zero-order chi connectivity index (χ0) is 16.2. The first-order valence-corrected chi connectivity index (χ1v) is 8.82. The fourth-order valence-corrected chi connectivity index (χ4v) is 3.58. The number of ether oxygens (including phenoxy) is 1. The molecule has 1 aromatic rings. The van der Waals surface area contributed by atoms with Crippen molar-refractivity contribution in [1.82, 2.24) is 24.6 Å². The molecule has 0 atom stereocenters. The van der Waals surface area contributed by atoms with Crippen molar-refractivity contribution < 1.29 is 4.74 Å². The first-order valence-electron chi connectivity index (χ1n) is 8.82. The highest BCUT2D eigenvalue weighted by Crippen LogP contribution is 2.34. The Balaban J connectivity index is 1.54. The maximum absolute atomic E-state index is 5.92. The molecule has 1 saturated carbocycles. The minimum Gasteiger partial charge on any atom is -0.383 e. The summed E-state index contributed by atoms with van der Waals surface area (Å²) in [4.78, 5) is 4.95. The molecule has 2 N–H and O–H groups in total. The number of aromatic nitrogens is 3. The number of hydrogen-bond donors (Lipinski definition) is 1. The number of nitrogens with two attached hydrogens (primary N) is 1. The summed E-state index contributed by atoms with van der Waals surface area (Å²) in [7, 11) is 1.76. The molecule has 130 valence electrons. The van der Waals surface area contributed by atoms with Gasteiger partial charge in [-0.15, -0.1) is 10.2 Å². The number of hydrogen-bond acceptors (Lipinski definition) is 6. The van der Waals surface area contributed by atoms with Gasteiger partial charge in [-0.1, -0.05) is 0 Å². The average molecular weight is 322 g/mol. The first-order chi connectivity index (χ1) is 11.2. The van der Waals surface area contributed by atoms with Gasteiger partial charge in [-0.25, -0.2) is 0 Å². The maximum atomic E-state index is 5.92. The molecule has 1 aromatic heterocycles. The van der Waals surface area contributed by atoms with E-state index in [0.717, 1.165) is 76.9 Å². The maximum Gasteiger partial charge on any atom is 0.147 e. The molecule has 0 unspecified atom stereocenters. The Bertz CT molecular complexity index is 491. The summed E-state index contributed by atoms with van der Waals surface area (Å²) in [5.74, 6) is 2.76. The van der Waals surface area contributed by atoms with E-state index in [4.69, 9.17) is 10.5 Å². The SMILES string of the molecule is CCn1c(CN2CCN(CCOC)CC2)nnc1C1CC(N)C1. The van der Waals surface area contributed by atoms with E-state index in [-0.39, 0.29) is 0 Å². The lowest BCUT2D eigenvalue weighted by Crippen LogP contribution is -2.47. The zero-order valence-electron chi connectivity index (χ0n) is 14.4. The van der Waals surface area contributed by atoms with Crippen LogP contribution in [0, 0.1) is 0 Å². The molecular formula is C16H30N6O. The highest BCUT2D eigenvalue weighted by molar-refractivity contribution is 5.08. The van der Waals surface area contributed by atoms with Crippen molar-refractivity contribution in [3.63, 3.8) is 0 Å². The van der Waals surface area contributed by atoms with Crippen LogP contribution in [0.4, 0.5) is 0 Å². The van der Waals surface area contributed by atoms with E-state index < -0.39 is 0 Å². The van der Waals surface area contributed by atoms with Gasteiger partial charge in [0.1, 0.15) is 11.6 Å². The Hall–Kier alpha value is -1.02. The molecule has 2 heterocycles. The fraction of sp³-hybridized carbons (Fsp3) is 0.875. The van der Waals surface area contributed by atoms with Crippen molar-refractivity contribution in [2.75, 3.05) is 46.4 Å². The van der Waals surface area contributed by atoms with Crippen LogP contribution in [0.3, 0.4) is 0 Å². The molecule has 2 fully saturated rings. The van der Waals surface area contributed by atoms with Crippen LogP contribution in [-0.4, -0.2) is 77.0 Å². The van der Waals surface area contributed by atoms with Gasteiger partial charge in [-0.3, -0.25) is 9.80 Å². The van der Waals surface area contributed by atoms with Crippen LogP contribution in [0.1, 0.15) is 37.3 Å². The monoisotopic (exact) mass is 322 g/mol. The van der Waals surface area contributed by atoms with Crippen molar-refractivity contribution >= 4 is 0 Å². The Morgan fingerprint density at radius 2 is 1.83 bits per heavy atom. The molecule has 1 saturated heterocycles. The molecule has 1 aliphatic heterocycles. The van der Waals surface area contributed by atoms with E-state index in [1.165, 1.54) is 0 Å². The Morgan fingerprint density at radius 1 is 1.13 bits per heavy atom. The highest BCUT2D eigenvalue weighted by atomic mass is 16.5. The second-order valence-electron chi connectivity index (χ2n) is 6.76. The predicted octanol–water partition coefficient (Wildman–Crippen LogP) is 0.267. The molecule has 1 aliphatic carbocycles. The van der Waals surface area contributed by atoms with E-state index in [0.29, 0.717) is 12.0 Å². The molecule has 3 rings (SSSR count). The van der Waals surface area contributed by atoms with Crippen LogP contribution in [0.2, 0.25) is 0 Å². The Morgan fingerprint density at radius 3 is 2.43 bits per heavy atom. The van der Waals surface area contributed by atoms with E-state index in [1.54, 1.807) is 7.11 Å². The van der Waals surface area contributed by atoms with Gasteiger partial charge in [-0.05, 0) is 19.8 Å². The van der Waals surface area contributed by atoms with Gasteiger partial charge in [0.25, 0.3) is 0 Å². The summed E-state index contributed by atoms with van der Waals surface area (Å²) >= 11 is 0. The Kier molecular flexibility index (Phi) is 5.63. The summed E-state index contributed by atoms with van der Waals surface area (Å²) in [6.07, 6.45) is 2.10. The standard InChI is InChI=1S/C16H30N6O/c1-3-22-15(18-19-16(22)13-10-14(17)11-13)12-21-6-4-20(5-7-21)8-9-23-2/h13-14H,3-12,17H2,1-2H3. The third kappa shape index (κ3) is 3.91. The normalized spacial score (nSPS) is 26.4. The highest BCUT2D eigenvalue weighted by Gasteiger charge is 2.32. The zero-order valence-corrected chi connectivity index (χ0v) is 14.4. The third-order valence-corrected chi connectivity index (χ3v) is 5.15. The van der Waals surface area contributed by atoms with Crippen LogP contribution >= 0.6 is 0 Å². The van der Waals surface area contributed by atoms with Crippen molar-refractivity contribution in [2.45, 2.75) is 44.8 Å². The molecule has 0 spiro atoms. The molecule has 0 radical (unpaired) electrons. The number of nitrogens with zero attached hydrogens (tertiary/aromatic N) is 5. The summed E-state index contributed by atoms with van der Waals surface area (Å²) in [6, 6.07) is 0.352. The minimum atomic E-state index is 0.352. The summed E-state index contributed by atoms with van der Waals surface area (Å²) in [6.45, 7) is 10.3. The lowest BCUT2D eigenvalue weighted by Gasteiger charge is -2.34. The molecule has 2 aliphatic rings. The van der Waals surface area contributed by atoms with Gasteiger partial charge in [0.2, 0.25) is 0 Å². The van der Waals surface area contributed by atoms with Gasteiger partial charge in [0.15, 0.2) is 0 Å². The lowest BCUT2D eigenvalue weighted by molar-refractivity contribution is 0.0919. The van der Waals surface area contributed by atoms with Crippen LogP contribution in [0.25, 0.3) is 0 Å². The van der Waals surface area contributed by atoms with E-state index >= 15 is 0 Å². The van der Waals surface area contributed by atoms with Crippen LogP contribution < -0.4 is 5.73 Å². The second kappa shape index (κ2) is 7.70. The fourth-order valence-electron chi connectivity index (χ4n) is 3.58. The Labute approximate surface area is 138 Å². The summed E-state index contributed by atoms with van der Waals surface area (Å²) in [5.41, 5.74) is 5.92. The second-order valence-corrected chi connectivity index (χ2v) is 6.76. The summed E-state index contributed by atoms with van der Waals surface area (Å²) < 4.78 is 7.46. The van der Waals surface area contributed by atoms with Crippen LogP contribution in [0.15, 0.2) is 0 Å². The summed E-state index contributed by atoms with van der Waals surface area (Å²) in [5, 5.41) is 8.94. The van der Waals surface area contributed by atoms with Gasteiger partial charge >= 0.3 is 0 Å². The molecular weight excluding hydrogens is 292 g/mol. The van der Waals surface area contributed by atoms with E-state index in [1.807, 2.05) is 0 Å². The number of methoxy groups -OCH3 is 1. The largest absolute Gasteiger partial charge is 0.383 e. The van der Waals surface area contributed by atoms with Gasteiger partial charge < -0.3 is 15.0 Å². The van der Waals surface area contributed by atoms with Crippen molar-refractivity contribution in [2.24, 2.45) is 5.73 Å². The molecule has 0 bridgehead atoms. The smallest absolute Gasteiger partial charge is 0.147 e. The first kappa shape index (κ1) is 16.8. The van der Waals surface area contributed by atoms with Crippen molar-refractivity contribution in [3.05, 3.63) is 11.6 Å². The molecule has 0 amide bonds. The molecule has 0 aromatic carbocycles. The minimum absolute atomic E-state index is 0.352. The topological polar surface area (TPSA) is 72.4 Å². The van der Waals surface area contributed by atoms with Crippen LogP contribution in [0.5, 0.6) is 0 Å². The predicted molar refractivity (Wildman–Crippen MR) is 89.2 cm³/mol. The van der Waals surface area contributed by atoms with E-state index in [9.17, 15) is 0 Å². The van der Waals surface area contributed by atoms with E-state index in [2.05, 4.69) is 31.5 Å². The molecule has 7 nitrogen and oxygen atoms in total.